The minimum atomic E-state index is -4.86. The van der Waals surface area contributed by atoms with Crippen molar-refractivity contribution in [2.45, 2.75) is 38.8 Å². The van der Waals surface area contributed by atoms with E-state index in [1.54, 1.807) is 45.9 Å². The summed E-state index contributed by atoms with van der Waals surface area (Å²) in [5, 5.41) is 6.25. The van der Waals surface area contributed by atoms with Gasteiger partial charge in [-0.25, -0.2) is 13.1 Å². The van der Waals surface area contributed by atoms with Gasteiger partial charge in [-0.3, -0.25) is 4.79 Å². The third-order valence-corrected chi connectivity index (χ3v) is 7.54. The van der Waals surface area contributed by atoms with Gasteiger partial charge in [-0.2, -0.15) is 22.6 Å². The van der Waals surface area contributed by atoms with Crippen LogP contribution >= 0.6 is 0 Å². The Morgan fingerprint density at radius 3 is 2.26 bits per heavy atom. The van der Waals surface area contributed by atoms with Crippen LogP contribution in [0.1, 0.15) is 41.0 Å². The van der Waals surface area contributed by atoms with Gasteiger partial charge in [0.2, 0.25) is 10.0 Å². The fourth-order valence-corrected chi connectivity index (χ4v) is 5.13. The number of alkyl halides is 3. The molecule has 1 heterocycles. The molecule has 0 saturated heterocycles. The topological polar surface area (TPSA) is 84.3 Å². The molecule has 182 valence electrons. The summed E-state index contributed by atoms with van der Waals surface area (Å²) in [6.07, 6.45) is -4.01. The maximum Gasteiger partial charge on any atom is 0.434 e. The van der Waals surface area contributed by atoms with Crippen LogP contribution in [0.5, 0.6) is 0 Å². The highest BCUT2D eigenvalue weighted by molar-refractivity contribution is 7.89. The summed E-state index contributed by atoms with van der Waals surface area (Å²) in [5.41, 5.74) is -0.539. The minimum Gasteiger partial charge on any atom is -0.322 e. The molecule has 11 heteroatoms. The Morgan fingerprint density at radius 2 is 1.71 bits per heavy atom. The summed E-state index contributed by atoms with van der Waals surface area (Å²) >= 11 is 0. The number of carbonyl (C=O) groups is 1. The first-order chi connectivity index (χ1) is 15.9. The van der Waals surface area contributed by atoms with E-state index in [2.05, 4.69) is 10.4 Å². The lowest BCUT2D eigenvalue weighted by Crippen LogP contribution is -2.30. The Hall–Kier alpha value is -3.18. The second kappa shape index (κ2) is 9.59. The summed E-state index contributed by atoms with van der Waals surface area (Å²) in [6, 6.07) is 10.4. The van der Waals surface area contributed by atoms with Crippen molar-refractivity contribution >= 4 is 21.6 Å². The van der Waals surface area contributed by atoms with Gasteiger partial charge in [-0.05, 0) is 49.2 Å². The predicted molar refractivity (Wildman–Crippen MR) is 123 cm³/mol. The van der Waals surface area contributed by atoms with Crippen molar-refractivity contribution < 1.29 is 26.4 Å². The number of rotatable bonds is 7. The van der Waals surface area contributed by atoms with Crippen LogP contribution in [0.3, 0.4) is 0 Å². The van der Waals surface area contributed by atoms with Gasteiger partial charge in [-0.15, -0.1) is 0 Å². The summed E-state index contributed by atoms with van der Waals surface area (Å²) < 4.78 is 69.6. The van der Waals surface area contributed by atoms with E-state index in [1.165, 1.54) is 28.6 Å². The summed E-state index contributed by atoms with van der Waals surface area (Å²) in [5.74, 6) is -1.05. The van der Waals surface area contributed by atoms with Crippen molar-refractivity contribution in [3.05, 3.63) is 71.0 Å². The fraction of sp³-hybridized carbons (Fsp3) is 0.304. The lowest BCUT2D eigenvalue weighted by atomic mass is 10.1. The zero-order valence-electron chi connectivity index (χ0n) is 19.1. The second-order valence-electron chi connectivity index (χ2n) is 7.61. The van der Waals surface area contributed by atoms with E-state index in [-0.39, 0.29) is 29.4 Å². The molecule has 0 aliphatic heterocycles. The molecule has 7 nitrogen and oxygen atoms in total. The molecular weight excluding hydrogens is 469 g/mol. The number of hydrogen-bond acceptors (Lipinski definition) is 4. The standard InChI is InChI=1S/C23H25F3N4O3S/c1-5-29(6-2)34(32,33)18-12-15(3)16(4)20(13-18)28-22(31)19-14-27-30(21(19)23(24,25)26)17-10-8-7-9-11-17/h7-14H,5-6H2,1-4H3,(H,28,31). The highest BCUT2D eigenvalue weighted by Gasteiger charge is 2.40. The summed E-state index contributed by atoms with van der Waals surface area (Å²) in [4.78, 5) is 12.9. The van der Waals surface area contributed by atoms with Crippen molar-refractivity contribution in [3.63, 3.8) is 0 Å². The summed E-state index contributed by atoms with van der Waals surface area (Å²) in [6.45, 7) is 7.22. The highest BCUT2D eigenvalue weighted by atomic mass is 32.2. The Labute approximate surface area is 196 Å². The van der Waals surface area contributed by atoms with E-state index < -0.39 is 33.4 Å². The molecule has 1 aromatic heterocycles. The van der Waals surface area contributed by atoms with Gasteiger partial charge >= 0.3 is 6.18 Å². The highest BCUT2D eigenvalue weighted by Crippen LogP contribution is 2.34. The smallest absolute Gasteiger partial charge is 0.322 e. The van der Waals surface area contributed by atoms with E-state index in [0.717, 1.165) is 6.20 Å². The van der Waals surface area contributed by atoms with Crippen LogP contribution in [-0.4, -0.2) is 41.5 Å². The van der Waals surface area contributed by atoms with Crippen LogP contribution in [0, 0.1) is 13.8 Å². The molecule has 0 radical (unpaired) electrons. The van der Waals surface area contributed by atoms with Crippen molar-refractivity contribution in [1.29, 1.82) is 0 Å². The van der Waals surface area contributed by atoms with E-state index in [0.29, 0.717) is 15.8 Å². The van der Waals surface area contributed by atoms with Crippen molar-refractivity contribution in [2.75, 3.05) is 18.4 Å². The molecule has 0 fully saturated rings. The Bertz CT molecular complexity index is 1300. The van der Waals surface area contributed by atoms with E-state index in [4.69, 9.17) is 0 Å². The quantitative estimate of drug-likeness (QED) is 0.512. The van der Waals surface area contributed by atoms with Crippen LogP contribution in [0.15, 0.2) is 53.6 Å². The molecule has 3 rings (SSSR count). The molecule has 0 saturated carbocycles. The molecule has 1 amide bonds. The molecule has 34 heavy (non-hydrogen) atoms. The van der Waals surface area contributed by atoms with Gasteiger partial charge in [0.25, 0.3) is 5.91 Å². The molecule has 0 unspecified atom stereocenters. The zero-order valence-corrected chi connectivity index (χ0v) is 20.0. The number of halogens is 3. The average molecular weight is 495 g/mol. The predicted octanol–water partition coefficient (Wildman–Crippen LogP) is 4.79. The average Bonchev–Trinajstić information content (AvgIpc) is 3.24. The lowest BCUT2D eigenvalue weighted by Gasteiger charge is -2.20. The summed E-state index contributed by atoms with van der Waals surface area (Å²) in [7, 11) is -3.84. The zero-order chi connectivity index (χ0) is 25.3. The number of aromatic nitrogens is 2. The largest absolute Gasteiger partial charge is 0.434 e. The number of hydrogen-bond donors (Lipinski definition) is 1. The first-order valence-corrected chi connectivity index (χ1v) is 12.0. The minimum absolute atomic E-state index is 0.0503. The first kappa shape index (κ1) is 25.4. The van der Waals surface area contributed by atoms with E-state index in [9.17, 15) is 26.4 Å². The van der Waals surface area contributed by atoms with Crippen LogP contribution in [0.4, 0.5) is 18.9 Å². The van der Waals surface area contributed by atoms with Crippen molar-refractivity contribution in [1.82, 2.24) is 14.1 Å². The molecule has 2 aromatic carbocycles. The Balaban J connectivity index is 2.06. The van der Waals surface area contributed by atoms with Gasteiger partial charge in [-0.1, -0.05) is 32.0 Å². The SMILES string of the molecule is CCN(CC)S(=O)(=O)c1cc(C)c(C)c(NC(=O)c2cnn(-c3ccccc3)c2C(F)(F)F)c1. The molecule has 0 aliphatic carbocycles. The molecule has 0 atom stereocenters. The number of benzene rings is 2. The van der Waals surface area contributed by atoms with Gasteiger partial charge in [0.15, 0.2) is 5.69 Å². The molecule has 0 aliphatic rings. The third-order valence-electron chi connectivity index (χ3n) is 5.52. The number of nitrogens with zero attached hydrogens (tertiary/aromatic N) is 3. The number of para-hydroxylation sites is 1. The molecule has 0 spiro atoms. The van der Waals surface area contributed by atoms with Crippen molar-refractivity contribution in [2.24, 2.45) is 0 Å². The van der Waals surface area contributed by atoms with Crippen LogP contribution < -0.4 is 5.32 Å². The maximum absolute atomic E-state index is 13.9. The van der Waals surface area contributed by atoms with Crippen LogP contribution in [0.2, 0.25) is 0 Å². The molecule has 1 N–H and O–H groups in total. The van der Waals surface area contributed by atoms with Gasteiger partial charge in [0.1, 0.15) is 0 Å². The number of nitrogens with one attached hydrogen (secondary N) is 1. The number of sulfonamides is 1. The third kappa shape index (κ3) is 4.85. The number of carbonyl (C=O) groups excluding carboxylic acids is 1. The molecular formula is C23H25F3N4O3S. The number of anilines is 1. The Kier molecular flexibility index (Phi) is 7.18. The Morgan fingerprint density at radius 1 is 1.09 bits per heavy atom. The number of aryl methyl sites for hydroxylation is 1. The molecule has 0 bridgehead atoms. The maximum atomic E-state index is 13.9. The monoisotopic (exact) mass is 494 g/mol. The van der Waals surface area contributed by atoms with Gasteiger partial charge in [0, 0.05) is 18.8 Å². The van der Waals surface area contributed by atoms with E-state index in [1.807, 2.05) is 0 Å². The van der Waals surface area contributed by atoms with Crippen molar-refractivity contribution in [3.8, 4) is 5.69 Å². The van der Waals surface area contributed by atoms with Crippen LogP contribution in [0.25, 0.3) is 5.69 Å². The van der Waals surface area contributed by atoms with Crippen LogP contribution in [-0.2, 0) is 16.2 Å². The normalized spacial score (nSPS) is 12.2. The second-order valence-corrected chi connectivity index (χ2v) is 9.55. The fourth-order valence-electron chi connectivity index (χ4n) is 3.56. The van der Waals surface area contributed by atoms with Gasteiger partial charge in [0.05, 0.1) is 22.3 Å². The lowest BCUT2D eigenvalue weighted by molar-refractivity contribution is -0.143. The van der Waals surface area contributed by atoms with E-state index >= 15 is 0 Å². The first-order valence-electron chi connectivity index (χ1n) is 10.5. The number of amides is 1. The molecule has 3 aromatic rings. The van der Waals surface area contributed by atoms with Gasteiger partial charge < -0.3 is 5.32 Å².